The molecule has 0 saturated heterocycles. The van der Waals surface area contributed by atoms with Crippen molar-refractivity contribution in [1.82, 2.24) is 8.54 Å². The van der Waals surface area contributed by atoms with Gasteiger partial charge in [-0.25, -0.2) is 17.2 Å². The normalized spacial score (nSPS) is 11.8. The summed E-state index contributed by atoms with van der Waals surface area (Å²) < 4.78 is 27.6. The topological polar surface area (TPSA) is 98.4 Å². The van der Waals surface area contributed by atoms with Gasteiger partial charge in [0.05, 0.1) is 10.5 Å². The molecule has 0 amide bonds. The fraction of sp³-hybridized carbons (Fsp3) is 0.125. The molecule has 3 aromatic rings. The maximum absolute atomic E-state index is 12.8. The Bertz CT molecular complexity index is 1120. The summed E-state index contributed by atoms with van der Waals surface area (Å²) in [5.41, 5.74) is -0.00555. The molecule has 0 fully saturated rings. The first-order chi connectivity index (χ1) is 11.2. The number of nitrogens with zero attached hydrogens (tertiary/aromatic N) is 2. The third kappa shape index (κ3) is 2.31. The van der Waals surface area contributed by atoms with E-state index in [0.717, 1.165) is 14.1 Å². The van der Waals surface area contributed by atoms with Crippen LogP contribution in [0.3, 0.4) is 0 Å². The standard InChI is InChI=1S/C16H14N2O5S/c1-10-3-5-11(6-4-10)24(22,23)18-8-7-12-13(16(20)21)9-17(2)15(19)14(12)18/h3-9H,1-2H3,(H,20,21). The molecule has 0 unspecified atom stereocenters. The number of aryl methyl sites for hydroxylation is 2. The van der Waals surface area contributed by atoms with Gasteiger partial charge in [-0.2, -0.15) is 0 Å². The van der Waals surface area contributed by atoms with E-state index in [2.05, 4.69) is 0 Å². The minimum Gasteiger partial charge on any atom is -0.478 e. The van der Waals surface area contributed by atoms with Crippen molar-refractivity contribution < 1.29 is 18.3 Å². The van der Waals surface area contributed by atoms with Crippen molar-refractivity contribution in [3.8, 4) is 0 Å². The molecule has 0 atom stereocenters. The van der Waals surface area contributed by atoms with Crippen LogP contribution in [0.15, 0.2) is 52.4 Å². The van der Waals surface area contributed by atoms with Crippen molar-refractivity contribution in [3.05, 3.63) is 64.2 Å². The lowest BCUT2D eigenvalue weighted by molar-refractivity contribution is 0.0698. The maximum Gasteiger partial charge on any atom is 0.337 e. The molecule has 1 aromatic carbocycles. The van der Waals surface area contributed by atoms with Crippen LogP contribution in [0.5, 0.6) is 0 Å². The Balaban J connectivity index is 2.38. The number of rotatable bonds is 3. The van der Waals surface area contributed by atoms with E-state index >= 15 is 0 Å². The van der Waals surface area contributed by atoms with Crippen molar-refractivity contribution in [1.29, 1.82) is 0 Å². The van der Waals surface area contributed by atoms with Gasteiger partial charge in [0.1, 0.15) is 5.52 Å². The van der Waals surface area contributed by atoms with Crippen LogP contribution in [0.25, 0.3) is 10.9 Å². The summed E-state index contributed by atoms with van der Waals surface area (Å²) in [6.07, 6.45) is 2.38. The fourth-order valence-electron chi connectivity index (χ4n) is 2.52. The zero-order valence-electron chi connectivity index (χ0n) is 12.9. The first-order valence-corrected chi connectivity index (χ1v) is 8.43. The summed E-state index contributed by atoms with van der Waals surface area (Å²) >= 11 is 0. The van der Waals surface area contributed by atoms with Crippen LogP contribution in [0, 0.1) is 6.92 Å². The van der Waals surface area contributed by atoms with E-state index in [4.69, 9.17) is 0 Å². The Hall–Kier alpha value is -2.87. The second-order valence-corrected chi connectivity index (χ2v) is 7.27. The van der Waals surface area contributed by atoms with Gasteiger partial charge in [-0.05, 0) is 25.1 Å². The molecule has 2 heterocycles. The number of aromatic nitrogens is 2. The van der Waals surface area contributed by atoms with Gasteiger partial charge in [0, 0.05) is 24.8 Å². The third-order valence-corrected chi connectivity index (χ3v) is 5.49. The van der Waals surface area contributed by atoms with Gasteiger partial charge in [-0.15, -0.1) is 0 Å². The number of benzene rings is 1. The lowest BCUT2D eigenvalue weighted by Crippen LogP contribution is -2.23. The molecular formula is C16H14N2O5S. The molecule has 24 heavy (non-hydrogen) atoms. The number of carboxylic acid groups (broad SMARTS) is 1. The summed E-state index contributed by atoms with van der Waals surface area (Å²) in [7, 11) is -2.63. The minimum absolute atomic E-state index is 0.0216. The number of carbonyl (C=O) groups is 1. The highest BCUT2D eigenvalue weighted by Crippen LogP contribution is 2.22. The molecular weight excluding hydrogens is 332 g/mol. The van der Waals surface area contributed by atoms with E-state index in [1.165, 1.54) is 37.6 Å². The monoisotopic (exact) mass is 346 g/mol. The summed E-state index contributed by atoms with van der Waals surface area (Å²) in [5.74, 6) is -1.24. The summed E-state index contributed by atoms with van der Waals surface area (Å²) in [6, 6.07) is 7.52. The van der Waals surface area contributed by atoms with Crippen molar-refractivity contribution in [2.24, 2.45) is 7.05 Å². The molecule has 8 heteroatoms. The molecule has 0 aliphatic carbocycles. The smallest absolute Gasteiger partial charge is 0.337 e. The van der Waals surface area contributed by atoms with E-state index < -0.39 is 21.6 Å². The average molecular weight is 346 g/mol. The lowest BCUT2D eigenvalue weighted by atomic mass is 10.2. The average Bonchev–Trinajstić information content (AvgIpc) is 2.97. The predicted molar refractivity (Wildman–Crippen MR) is 87.9 cm³/mol. The highest BCUT2D eigenvalue weighted by molar-refractivity contribution is 7.90. The largest absolute Gasteiger partial charge is 0.478 e. The first-order valence-electron chi connectivity index (χ1n) is 6.99. The second-order valence-electron chi connectivity index (χ2n) is 5.46. The fourth-order valence-corrected chi connectivity index (χ4v) is 3.87. The predicted octanol–water partition coefficient (Wildman–Crippen LogP) is 1.58. The number of aromatic carboxylic acids is 1. The zero-order chi connectivity index (χ0) is 17.6. The molecule has 7 nitrogen and oxygen atoms in total. The SMILES string of the molecule is Cc1ccc(S(=O)(=O)n2ccc3c(C(=O)O)cn(C)c(=O)c32)cc1. The van der Waals surface area contributed by atoms with E-state index in [9.17, 15) is 23.1 Å². The Morgan fingerprint density at radius 2 is 1.75 bits per heavy atom. The summed E-state index contributed by atoms with van der Waals surface area (Å²) in [6.45, 7) is 1.83. The molecule has 0 radical (unpaired) electrons. The van der Waals surface area contributed by atoms with Gasteiger partial charge in [-0.1, -0.05) is 17.7 Å². The Morgan fingerprint density at radius 3 is 2.33 bits per heavy atom. The number of fused-ring (bicyclic) bond motifs is 1. The highest BCUT2D eigenvalue weighted by atomic mass is 32.2. The molecule has 0 aliphatic heterocycles. The van der Waals surface area contributed by atoms with Crippen LogP contribution in [0.4, 0.5) is 0 Å². The molecule has 0 aliphatic rings. The maximum atomic E-state index is 12.8. The summed E-state index contributed by atoms with van der Waals surface area (Å²) in [5, 5.41) is 9.37. The van der Waals surface area contributed by atoms with Crippen LogP contribution < -0.4 is 5.56 Å². The van der Waals surface area contributed by atoms with Crippen molar-refractivity contribution in [2.45, 2.75) is 11.8 Å². The Kier molecular flexibility index (Phi) is 3.56. The van der Waals surface area contributed by atoms with Gasteiger partial charge in [0.2, 0.25) is 0 Å². The molecule has 1 N–H and O–H groups in total. The van der Waals surface area contributed by atoms with Crippen LogP contribution in [-0.4, -0.2) is 28.0 Å². The van der Waals surface area contributed by atoms with Crippen LogP contribution in [0.1, 0.15) is 15.9 Å². The van der Waals surface area contributed by atoms with Gasteiger partial charge < -0.3 is 9.67 Å². The first kappa shape index (κ1) is 16.0. The number of hydrogen-bond acceptors (Lipinski definition) is 4. The molecule has 0 spiro atoms. The molecule has 0 saturated carbocycles. The van der Waals surface area contributed by atoms with Gasteiger partial charge in [0.25, 0.3) is 15.6 Å². The van der Waals surface area contributed by atoms with Gasteiger partial charge >= 0.3 is 5.97 Å². The minimum atomic E-state index is -4.01. The van der Waals surface area contributed by atoms with E-state index in [-0.39, 0.29) is 21.4 Å². The Labute approximate surface area is 137 Å². The van der Waals surface area contributed by atoms with Crippen LogP contribution >= 0.6 is 0 Å². The van der Waals surface area contributed by atoms with Gasteiger partial charge in [-0.3, -0.25) is 4.79 Å². The Morgan fingerprint density at radius 1 is 1.12 bits per heavy atom. The molecule has 0 bridgehead atoms. The second kappa shape index (κ2) is 5.34. The number of hydrogen-bond donors (Lipinski definition) is 1. The lowest BCUT2D eigenvalue weighted by Gasteiger charge is -2.09. The van der Waals surface area contributed by atoms with Crippen molar-refractivity contribution in [2.75, 3.05) is 0 Å². The van der Waals surface area contributed by atoms with Crippen LogP contribution in [0.2, 0.25) is 0 Å². The quantitative estimate of drug-likeness (QED) is 0.776. The third-order valence-electron chi connectivity index (χ3n) is 3.80. The zero-order valence-corrected chi connectivity index (χ0v) is 13.7. The molecule has 2 aromatic heterocycles. The highest BCUT2D eigenvalue weighted by Gasteiger charge is 2.23. The van der Waals surface area contributed by atoms with Crippen LogP contribution in [-0.2, 0) is 17.1 Å². The number of carboxylic acids is 1. The van der Waals surface area contributed by atoms with Crippen molar-refractivity contribution >= 4 is 26.9 Å². The van der Waals surface area contributed by atoms with Gasteiger partial charge in [0.15, 0.2) is 0 Å². The summed E-state index contributed by atoms with van der Waals surface area (Å²) in [4.78, 5) is 23.8. The van der Waals surface area contributed by atoms with E-state index in [1.54, 1.807) is 12.1 Å². The van der Waals surface area contributed by atoms with Crippen molar-refractivity contribution in [3.63, 3.8) is 0 Å². The number of pyridine rings is 1. The van der Waals surface area contributed by atoms with E-state index in [0.29, 0.717) is 0 Å². The molecule has 124 valence electrons. The van der Waals surface area contributed by atoms with E-state index in [1.807, 2.05) is 6.92 Å². The molecule has 3 rings (SSSR count).